The molecule has 0 unspecified atom stereocenters. The lowest BCUT2D eigenvalue weighted by molar-refractivity contribution is -0.223. The van der Waals surface area contributed by atoms with Crippen molar-refractivity contribution in [2.75, 3.05) is 33.0 Å². The van der Waals surface area contributed by atoms with Gasteiger partial charge in [-0.1, -0.05) is 42.5 Å². The lowest BCUT2D eigenvalue weighted by atomic mass is 9.56. The third kappa shape index (κ3) is 1.40. The van der Waals surface area contributed by atoms with E-state index in [1.165, 1.54) is 16.3 Å². The lowest BCUT2D eigenvalue weighted by Crippen LogP contribution is -2.69. The maximum Gasteiger partial charge on any atom is 0.0593 e. The number of hydrogen-bond donors (Lipinski definition) is 1. The Hall–Kier alpha value is -1.42. The first-order valence-electron chi connectivity index (χ1n) is 7.15. The van der Waals surface area contributed by atoms with Crippen molar-refractivity contribution in [1.82, 2.24) is 0 Å². The fourth-order valence-electron chi connectivity index (χ4n) is 3.63. The van der Waals surface area contributed by atoms with Crippen molar-refractivity contribution < 1.29 is 9.47 Å². The third-order valence-electron chi connectivity index (χ3n) is 5.16. The summed E-state index contributed by atoms with van der Waals surface area (Å²) >= 11 is 0. The highest BCUT2D eigenvalue weighted by atomic mass is 16.5. The van der Waals surface area contributed by atoms with Crippen LogP contribution in [-0.4, -0.2) is 33.0 Å². The first-order chi connectivity index (χ1) is 9.81. The molecule has 0 aromatic heterocycles. The number of ether oxygens (including phenoxy) is 2. The van der Waals surface area contributed by atoms with Crippen molar-refractivity contribution in [2.45, 2.75) is 5.41 Å². The lowest BCUT2D eigenvalue weighted by Gasteiger charge is -2.59. The SMILES string of the molecule is NCC1(C2(c3cccc4ccccc34)COC2)COC1. The highest BCUT2D eigenvalue weighted by molar-refractivity contribution is 5.87. The Labute approximate surface area is 118 Å². The van der Waals surface area contributed by atoms with Gasteiger partial charge < -0.3 is 15.2 Å². The molecule has 0 spiro atoms. The average molecular weight is 269 g/mol. The topological polar surface area (TPSA) is 44.5 Å². The molecule has 3 heteroatoms. The summed E-state index contributed by atoms with van der Waals surface area (Å²) in [5.41, 5.74) is 7.53. The molecule has 2 aliphatic rings. The second kappa shape index (κ2) is 4.29. The number of hydrogen-bond acceptors (Lipinski definition) is 3. The molecule has 4 rings (SSSR count). The summed E-state index contributed by atoms with van der Waals surface area (Å²) in [4.78, 5) is 0. The van der Waals surface area contributed by atoms with E-state index in [0.717, 1.165) is 26.4 Å². The average Bonchev–Trinajstić information content (AvgIpc) is 2.40. The minimum Gasteiger partial charge on any atom is -0.380 e. The van der Waals surface area contributed by atoms with E-state index in [1.807, 2.05) is 0 Å². The Kier molecular flexibility index (Phi) is 2.64. The van der Waals surface area contributed by atoms with Crippen LogP contribution in [0.5, 0.6) is 0 Å². The third-order valence-corrected chi connectivity index (χ3v) is 5.16. The van der Waals surface area contributed by atoms with Gasteiger partial charge in [0.25, 0.3) is 0 Å². The van der Waals surface area contributed by atoms with Crippen LogP contribution in [0.15, 0.2) is 42.5 Å². The van der Waals surface area contributed by atoms with Gasteiger partial charge in [-0.05, 0) is 16.3 Å². The molecular weight excluding hydrogens is 250 g/mol. The zero-order valence-corrected chi connectivity index (χ0v) is 11.5. The molecule has 2 heterocycles. The molecule has 20 heavy (non-hydrogen) atoms. The van der Waals surface area contributed by atoms with Crippen molar-refractivity contribution >= 4 is 10.8 Å². The number of benzene rings is 2. The van der Waals surface area contributed by atoms with E-state index in [4.69, 9.17) is 15.2 Å². The zero-order valence-electron chi connectivity index (χ0n) is 11.5. The molecule has 2 aromatic carbocycles. The van der Waals surface area contributed by atoms with Gasteiger partial charge in [-0.15, -0.1) is 0 Å². The zero-order chi connectivity index (χ0) is 13.6. The van der Waals surface area contributed by atoms with Gasteiger partial charge in [0.1, 0.15) is 0 Å². The fraction of sp³-hybridized carbons (Fsp3) is 0.412. The maximum atomic E-state index is 6.11. The molecule has 2 N–H and O–H groups in total. The summed E-state index contributed by atoms with van der Waals surface area (Å²) in [5, 5.41) is 2.60. The molecule has 0 aliphatic carbocycles. The van der Waals surface area contributed by atoms with Gasteiger partial charge in [-0.25, -0.2) is 0 Å². The van der Waals surface area contributed by atoms with Crippen molar-refractivity contribution in [3.8, 4) is 0 Å². The highest BCUT2D eigenvalue weighted by Crippen LogP contribution is 2.52. The molecule has 0 saturated carbocycles. The largest absolute Gasteiger partial charge is 0.380 e. The summed E-state index contributed by atoms with van der Waals surface area (Å²) in [5.74, 6) is 0. The second-order valence-corrected chi connectivity index (χ2v) is 6.08. The van der Waals surface area contributed by atoms with E-state index in [2.05, 4.69) is 42.5 Å². The van der Waals surface area contributed by atoms with Gasteiger partial charge in [0.05, 0.1) is 31.8 Å². The van der Waals surface area contributed by atoms with Gasteiger partial charge in [0, 0.05) is 12.0 Å². The number of fused-ring (bicyclic) bond motifs is 1. The summed E-state index contributed by atoms with van der Waals surface area (Å²) in [6, 6.07) is 15.1. The molecule has 104 valence electrons. The maximum absolute atomic E-state index is 6.11. The smallest absolute Gasteiger partial charge is 0.0593 e. The van der Waals surface area contributed by atoms with Crippen LogP contribution in [-0.2, 0) is 14.9 Å². The first kappa shape index (κ1) is 12.3. The van der Waals surface area contributed by atoms with Crippen LogP contribution >= 0.6 is 0 Å². The summed E-state index contributed by atoms with van der Waals surface area (Å²) in [6.45, 7) is 3.65. The van der Waals surface area contributed by atoms with Crippen molar-refractivity contribution in [3.63, 3.8) is 0 Å². The van der Waals surface area contributed by atoms with E-state index in [1.54, 1.807) is 0 Å². The van der Waals surface area contributed by atoms with E-state index in [0.29, 0.717) is 6.54 Å². The number of rotatable bonds is 3. The molecule has 3 nitrogen and oxygen atoms in total. The number of nitrogens with two attached hydrogens (primary N) is 1. The standard InChI is InChI=1S/C17H19NO2/c18-8-16(9-19-10-16)17(11-20-12-17)15-7-3-5-13-4-1-2-6-14(13)15/h1-7H,8-12,18H2. The summed E-state index contributed by atoms with van der Waals surface area (Å²) in [7, 11) is 0. The minimum absolute atomic E-state index is 0.0147. The van der Waals surface area contributed by atoms with E-state index in [9.17, 15) is 0 Å². The molecule has 0 atom stereocenters. The van der Waals surface area contributed by atoms with Crippen molar-refractivity contribution in [2.24, 2.45) is 11.1 Å². The van der Waals surface area contributed by atoms with E-state index in [-0.39, 0.29) is 10.8 Å². The molecule has 2 saturated heterocycles. The van der Waals surface area contributed by atoms with Crippen LogP contribution < -0.4 is 5.73 Å². The molecule has 2 fully saturated rings. The van der Waals surface area contributed by atoms with Crippen LogP contribution in [0.3, 0.4) is 0 Å². The van der Waals surface area contributed by atoms with Crippen molar-refractivity contribution in [3.05, 3.63) is 48.0 Å². The Morgan fingerprint density at radius 2 is 1.60 bits per heavy atom. The molecular formula is C17H19NO2. The van der Waals surface area contributed by atoms with Crippen LogP contribution in [0.4, 0.5) is 0 Å². The Morgan fingerprint density at radius 3 is 2.20 bits per heavy atom. The van der Waals surface area contributed by atoms with Crippen LogP contribution in [0, 0.1) is 5.41 Å². The summed E-state index contributed by atoms with van der Waals surface area (Å²) < 4.78 is 11.1. The van der Waals surface area contributed by atoms with Gasteiger partial charge in [0.15, 0.2) is 0 Å². The van der Waals surface area contributed by atoms with E-state index >= 15 is 0 Å². The van der Waals surface area contributed by atoms with Crippen LogP contribution in [0.25, 0.3) is 10.8 Å². The molecule has 2 aromatic rings. The fourth-order valence-corrected chi connectivity index (χ4v) is 3.63. The quantitative estimate of drug-likeness (QED) is 0.928. The molecule has 0 amide bonds. The van der Waals surface area contributed by atoms with Crippen LogP contribution in [0.2, 0.25) is 0 Å². The van der Waals surface area contributed by atoms with Gasteiger partial charge >= 0.3 is 0 Å². The highest BCUT2D eigenvalue weighted by Gasteiger charge is 2.60. The summed E-state index contributed by atoms with van der Waals surface area (Å²) in [6.07, 6.45) is 0. The normalized spacial score (nSPS) is 23.1. The van der Waals surface area contributed by atoms with Crippen LogP contribution in [0.1, 0.15) is 5.56 Å². The molecule has 2 aliphatic heterocycles. The molecule has 0 radical (unpaired) electrons. The van der Waals surface area contributed by atoms with Gasteiger partial charge in [0.2, 0.25) is 0 Å². The van der Waals surface area contributed by atoms with Gasteiger partial charge in [-0.2, -0.15) is 0 Å². The molecule has 0 bridgehead atoms. The van der Waals surface area contributed by atoms with Crippen molar-refractivity contribution in [1.29, 1.82) is 0 Å². The second-order valence-electron chi connectivity index (χ2n) is 6.08. The van der Waals surface area contributed by atoms with E-state index < -0.39 is 0 Å². The minimum atomic E-state index is 0.0147. The predicted octanol–water partition coefficient (Wildman–Crippen LogP) is 2.08. The first-order valence-corrected chi connectivity index (χ1v) is 7.15. The Bertz CT molecular complexity index is 633. The van der Waals surface area contributed by atoms with Gasteiger partial charge in [-0.3, -0.25) is 0 Å². The Morgan fingerprint density at radius 1 is 0.900 bits per heavy atom. The monoisotopic (exact) mass is 269 g/mol. The predicted molar refractivity (Wildman–Crippen MR) is 78.8 cm³/mol. The Balaban J connectivity index is 1.92.